The standard InChI is InChI=1S/C17H17N5O4/c1-21-14(10-2-4-11(23)5-3-10)20-13-15(21)18-9-19-16(13)26-12-6-7-22(8-12)17(24)25/h2-5,9,12,23H,6-8H2,1H3,(H,24,25)/t12-/m0/s1. The molecule has 1 amide bonds. The van der Waals surface area contributed by atoms with Crippen LogP contribution >= 0.6 is 0 Å². The smallest absolute Gasteiger partial charge is 0.407 e. The van der Waals surface area contributed by atoms with Gasteiger partial charge in [0.25, 0.3) is 0 Å². The Hall–Kier alpha value is -3.36. The van der Waals surface area contributed by atoms with Gasteiger partial charge in [-0.05, 0) is 24.3 Å². The first-order valence-electron chi connectivity index (χ1n) is 8.14. The van der Waals surface area contributed by atoms with Crippen molar-refractivity contribution in [2.24, 2.45) is 7.05 Å². The molecule has 0 bridgehead atoms. The van der Waals surface area contributed by atoms with Crippen molar-refractivity contribution < 1.29 is 19.7 Å². The Bertz CT molecular complexity index is 969. The summed E-state index contributed by atoms with van der Waals surface area (Å²) in [4.78, 5) is 25.5. The van der Waals surface area contributed by atoms with E-state index in [0.29, 0.717) is 42.4 Å². The number of carbonyl (C=O) groups is 1. The molecule has 0 spiro atoms. The summed E-state index contributed by atoms with van der Waals surface area (Å²) < 4.78 is 7.75. The molecule has 1 aliphatic heterocycles. The van der Waals surface area contributed by atoms with Gasteiger partial charge >= 0.3 is 6.09 Å². The average Bonchev–Trinajstić information content (AvgIpc) is 3.22. The van der Waals surface area contributed by atoms with Gasteiger partial charge in [-0.1, -0.05) is 0 Å². The van der Waals surface area contributed by atoms with Crippen molar-refractivity contribution in [3.8, 4) is 23.0 Å². The molecule has 2 aromatic heterocycles. The topological polar surface area (TPSA) is 114 Å². The molecular formula is C17H17N5O4. The second kappa shape index (κ2) is 6.17. The Morgan fingerprint density at radius 1 is 1.27 bits per heavy atom. The lowest BCUT2D eigenvalue weighted by Crippen LogP contribution is -2.29. The van der Waals surface area contributed by atoms with Crippen molar-refractivity contribution in [2.75, 3.05) is 13.1 Å². The number of carboxylic acid groups (broad SMARTS) is 1. The number of aromatic hydroxyl groups is 1. The fourth-order valence-electron chi connectivity index (χ4n) is 3.09. The number of ether oxygens (including phenoxy) is 1. The van der Waals surface area contributed by atoms with E-state index in [1.807, 2.05) is 11.6 Å². The first-order chi connectivity index (χ1) is 12.5. The van der Waals surface area contributed by atoms with Gasteiger partial charge in [-0.15, -0.1) is 0 Å². The van der Waals surface area contributed by atoms with Gasteiger partial charge in [0.15, 0.2) is 11.2 Å². The molecular weight excluding hydrogens is 338 g/mol. The van der Waals surface area contributed by atoms with Crippen molar-refractivity contribution in [2.45, 2.75) is 12.5 Å². The van der Waals surface area contributed by atoms with Gasteiger partial charge in [-0.3, -0.25) is 0 Å². The largest absolute Gasteiger partial charge is 0.508 e. The van der Waals surface area contributed by atoms with Crippen LogP contribution in [0.1, 0.15) is 6.42 Å². The third-order valence-electron chi connectivity index (χ3n) is 4.44. The monoisotopic (exact) mass is 355 g/mol. The summed E-state index contributed by atoms with van der Waals surface area (Å²) in [5.41, 5.74) is 1.96. The van der Waals surface area contributed by atoms with Gasteiger partial charge in [0, 0.05) is 25.6 Å². The van der Waals surface area contributed by atoms with E-state index in [1.54, 1.807) is 24.3 Å². The number of aromatic nitrogens is 4. The maximum absolute atomic E-state index is 11.1. The molecule has 1 aliphatic rings. The summed E-state index contributed by atoms with van der Waals surface area (Å²) in [5, 5.41) is 18.5. The van der Waals surface area contributed by atoms with Crippen molar-refractivity contribution in [1.82, 2.24) is 24.4 Å². The lowest BCUT2D eigenvalue weighted by molar-refractivity contribution is 0.145. The van der Waals surface area contributed by atoms with Crippen molar-refractivity contribution >= 4 is 17.3 Å². The number of likely N-dealkylation sites (tertiary alicyclic amines) is 1. The summed E-state index contributed by atoms with van der Waals surface area (Å²) in [6, 6.07) is 6.73. The molecule has 1 fully saturated rings. The number of nitrogens with zero attached hydrogens (tertiary/aromatic N) is 5. The van der Waals surface area contributed by atoms with E-state index in [1.165, 1.54) is 11.2 Å². The molecule has 1 saturated heterocycles. The molecule has 0 unspecified atom stereocenters. The lowest BCUT2D eigenvalue weighted by atomic mass is 10.2. The highest BCUT2D eigenvalue weighted by molar-refractivity contribution is 5.81. The van der Waals surface area contributed by atoms with Crippen LogP contribution < -0.4 is 4.74 Å². The maximum Gasteiger partial charge on any atom is 0.407 e. The van der Waals surface area contributed by atoms with Crippen LogP contribution in [-0.4, -0.2) is 59.9 Å². The summed E-state index contributed by atoms with van der Waals surface area (Å²) in [5.74, 6) is 1.19. The third-order valence-corrected chi connectivity index (χ3v) is 4.44. The number of phenols is 1. The van der Waals surface area contributed by atoms with E-state index in [2.05, 4.69) is 15.0 Å². The van der Waals surface area contributed by atoms with E-state index in [9.17, 15) is 9.90 Å². The molecule has 0 aliphatic carbocycles. The van der Waals surface area contributed by atoms with E-state index >= 15 is 0 Å². The molecule has 1 atom stereocenters. The second-order valence-electron chi connectivity index (χ2n) is 6.15. The van der Waals surface area contributed by atoms with Crippen LogP contribution in [0.15, 0.2) is 30.6 Å². The molecule has 0 saturated carbocycles. The molecule has 9 heteroatoms. The van der Waals surface area contributed by atoms with E-state index in [-0.39, 0.29) is 11.9 Å². The number of aryl methyl sites for hydroxylation is 1. The summed E-state index contributed by atoms with van der Waals surface area (Å²) in [6.07, 6.45) is 0.805. The van der Waals surface area contributed by atoms with Gasteiger partial charge in [0.05, 0.1) is 6.54 Å². The quantitative estimate of drug-likeness (QED) is 0.737. The molecule has 1 aromatic carbocycles. The molecule has 134 valence electrons. The fraction of sp³-hybridized carbons (Fsp3) is 0.294. The van der Waals surface area contributed by atoms with Gasteiger partial charge in [0.1, 0.15) is 24.0 Å². The van der Waals surface area contributed by atoms with E-state index in [4.69, 9.17) is 9.84 Å². The second-order valence-corrected chi connectivity index (χ2v) is 6.15. The fourth-order valence-corrected chi connectivity index (χ4v) is 3.09. The summed E-state index contributed by atoms with van der Waals surface area (Å²) in [6.45, 7) is 0.744. The first-order valence-corrected chi connectivity index (χ1v) is 8.14. The number of amides is 1. The Kier molecular flexibility index (Phi) is 3.83. The van der Waals surface area contributed by atoms with Crippen molar-refractivity contribution in [3.63, 3.8) is 0 Å². The van der Waals surface area contributed by atoms with Crippen LogP contribution in [0.2, 0.25) is 0 Å². The Balaban J connectivity index is 1.68. The predicted molar refractivity (Wildman–Crippen MR) is 92.0 cm³/mol. The number of rotatable bonds is 3. The number of benzene rings is 1. The maximum atomic E-state index is 11.1. The SMILES string of the molecule is Cn1c(-c2ccc(O)cc2)nc2c(O[C@H]3CCN(C(=O)O)C3)ncnc21. The Morgan fingerprint density at radius 3 is 2.73 bits per heavy atom. The number of imidazole rings is 1. The minimum absolute atomic E-state index is 0.181. The molecule has 3 aromatic rings. The van der Waals surface area contributed by atoms with Crippen LogP contribution in [0.25, 0.3) is 22.6 Å². The first kappa shape index (κ1) is 16.1. The van der Waals surface area contributed by atoms with Gasteiger partial charge in [0.2, 0.25) is 5.88 Å². The predicted octanol–water partition coefficient (Wildman–Crippen LogP) is 1.87. The zero-order chi connectivity index (χ0) is 18.3. The van der Waals surface area contributed by atoms with Crippen molar-refractivity contribution in [1.29, 1.82) is 0 Å². The zero-order valence-corrected chi connectivity index (χ0v) is 14.0. The van der Waals surface area contributed by atoms with Gasteiger partial charge in [-0.2, -0.15) is 4.98 Å². The average molecular weight is 355 g/mol. The molecule has 9 nitrogen and oxygen atoms in total. The highest BCUT2D eigenvalue weighted by atomic mass is 16.5. The molecule has 4 rings (SSSR count). The minimum Gasteiger partial charge on any atom is -0.508 e. The Labute approximate surface area is 148 Å². The van der Waals surface area contributed by atoms with Gasteiger partial charge in [-0.25, -0.2) is 14.8 Å². The Morgan fingerprint density at radius 2 is 2.04 bits per heavy atom. The van der Waals surface area contributed by atoms with Crippen LogP contribution in [0.4, 0.5) is 4.79 Å². The van der Waals surface area contributed by atoms with E-state index < -0.39 is 6.09 Å². The summed E-state index contributed by atoms with van der Waals surface area (Å²) in [7, 11) is 1.84. The van der Waals surface area contributed by atoms with Crippen LogP contribution in [0, 0.1) is 0 Å². The van der Waals surface area contributed by atoms with Crippen molar-refractivity contribution in [3.05, 3.63) is 30.6 Å². The number of fused-ring (bicyclic) bond motifs is 1. The minimum atomic E-state index is -0.948. The molecule has 2 N–H and O–H groups in total. The molecule has 0 radical (unpaired) electrons. The highest BCUT2D eigenvalue weighted by Gasteiger charge is 2.28. The van der Waals surface area contributed by atoms with Crippen LogP contribution in [0.3, 0.4) is 0 Å². The normalized spacial score (nSPS) is 17.0. The lowest BCUT2D eigenvalue weighted by Gasteiger charge is -2.13. The van der Waals surface area contributed by atoms with E-state index in [0.717, 1.165) is 5.56 Å². The number of hydrogen-bond donors (Lipinski definition) is 2. The zero-order valence-electron chi connectivity index (χ0n) is 14.0. The molecule has 26 heavy (non-hydrogen) atoms. The molecule has 3 heterocycles. The van der Waals surface area contributed by atoms with Gasteiger partial charge < -0.3 is 24.4 Å². The van der Waals surface area contributed by atoms with Crippen LogP contribution in [-0.2, 0) is 7.05 Å². The summed E-state index contributed by atoms with van der Waals surface area (Å²) >= 11 is 0. The number of phenolic OH excluding ortho intramolecular Hbond substituents is 1. The highest BCUT2D eigenvalue weighted by Crippen LogP contribution is 2.29. The number of hydrogen-bond acceptors (Lipinski definition) is 6. The third kappa shape index (κ3) is 2.77. The van der Waals surface area contributed by atoms with Crippen LogP contribution in [0.5, 0.6) is 11.6 Å².